The number of nitrogens with zero attached hydrogens (tertiary/aromatic N) is 5. The van der Waals surface area contributed by atoms with E-state index in [1.165, 1.54) is 87.8 Å². The van der Waals surface area contributed by atoms with Crippen LogP contribution in [0.4, 0.5) is 13.6 Å². The molecule has 0 fully saturated rings. The fourth-order valence-electron chi connectivity index (χ4n) is 9.97. The van der Waals surface area contributed by atoms with Crippen LogP contribution in [0.3, 0.4) is 0 Å². The molecule has 32 nitrogen and oxygen atoms in total. The molecular formula is C85H107F2N7O25S. The van der Waals surface area contributed by atoms with Crippen LogP contribution in [0.25, 0.3) is 43.9 Å². The Morgan fingerprint density at radius 1 is 0.492 bits per heavy atom. The number of ether oxygens (including phenoxy) is 6. The number of aromatic nitrogens is 4. The Labute approximate surface area is 690 Å². The molecule has 652 valence electrons. The van der Waals surface area contributed by atoms with Gasteiger partial charge < -0.3 is 78.0 Å². The number of benzene rings is 7. The van der Waals surface area contributed by atoms with Gasteiger partial charge in [0.05, 0.1) is 93.7 Å². The van der Waals surface area contributed by atoms with Gasteiger partial charge in [0.1, 0.15) is 70.4 Å². The van der Waals surface area contributed by atoms with Crippen molar-refractivity contribution in [3.63, 3.8) is 0 Å². The number of alkyl carbamates (subject to hydrolysis) is 1. The average Bonchev–Trinajstić information content (AvgIpc) is 1.66. The lowest BCUT2D eigenvalue weighted by Gasteiger charge is -2.29. The number of carbonyl (C=O) groups is 3. The van der Waals surface area contributed by atoms with Gasteiger partial charge in [-0.15, -0.1) is 0 Å². The number of aromatic hydroxyl groups is 3. The lowest BCUT2D eigenvalue weighted by Crippen LogP contribution is -2.43. The van der Waals surface area contributed by atoms with Crippen molar-refractivity contribution in [3.8, 4) is 46.0 Å². The maximum Gasteiger partial charge on any atom is 0.407 e. The highest BCUT2D eigenvalue weighted by Crippen LogP contribution is 2.30. The lowest BCUT2D eigenvalue weighted by atomic mass is 10.1. The smallest absolute Gasteiger partial charge is 0.407 e. The van der Waals surface area contributed by atoms with E-state index in [0.717, 1.165) is 5.56 Å². The molecule has 0 atom stereocenters. The molecule has 11 rings (SSSR count). The molecule has 0 spiro atoms. The number of methoxy groups -OCH3 is 3. The van der Waals surface area contributed by atoms with E-state index in [-0.39, 0.29) is 92.9 Å². The van der Waals surface area contributed by atoms with Crippen molar-refractivity contribution < 1.29 is 108 Å². The number of fused-ring (bicyclic) bond motifs is 4. The van der Waals surface area contributed by atoms with Gasteiger partial charge in [-0.2, -0.15) is 27.4 Å². The Balaban J connectivity index is 0.000000254. The number of hydrogen-bond donors (Lipinski definition) is 8. The van der Waals surface area contributed by atoms with E-state index in [4.69, 9.17) is 67.0 Å². The van der Waals surface area contributed by atoms with E-state index in [1.807, 2.05) is 90.0 Å². The molecule has 2 amide bonds. The summed E-state index contributed by atoms with van der Waals surface area (Å²) in [5.41, 5.74) is 4.83. The molecule has 0 radical (unpaired) electrons. The zero-order valence-corrected chi connectivity index (χ0v) is 71.9. The van der Waals surface area contributed by atoms with Crippen molar-refractivity contribution in [2.45, 2.75) is 170 Å². The van der Waals surface area contributed by atoms with Gasteiger partial charge in [0, 0.05) is 60.6 Å². The van der Waals surface area contributed by atoms with E-state index in [0.29, 0.717) is 95.9 Å². The van der Waals surface area contributed by atoms with Crippen LogP contribution in [0.2, 0.25) is 0 Å². The number of nitrogens with one attached hydrogen (secondary N) is 1. The van der Waals surface area contributed by atoms with Crippen LogP contribution in [0.1, 0.15) is 151 Å². The summed E-state index contributed by atoms with van der Waals surface area (Å²) in [6.45, 7) is 34.8. The van der Waals surface area contributed by atoms with Gasteiger partial charge in [0.2, 0.25) is 0 Å². The van der Waals surface area contributed by atoms with Gasteiger partial charge in [-0.05, 0) is 216 Å². The van der Waals surface area contributed by atoms with Crippen LogP contribution >= 0.6 is 0 Å². The van der Waals surface area contributed by atoms with Gasteiger partial charge in [0.15, 0.2) is 22.3 Å². The van der Waals surface area contributed by atoms with E-state index in [2.05, 4.69) is 5.32 Å². The number of carboxylic acids is 1. The number of phenols is 3. The molecule has 0 saturated carbocycles. The predicted molar refractivity (Wildman–Crippen MR) is 448 cm³/mol. The molecule has 9 N–H and O–H groups in total. The summed E-state index contributed by atoms with van der Waals surface area (Å²) in [6.07, 6.45) is 0.180. The van der Waals surface area contributed by atoms with Crippen molar-refractivity contribution in [1.29, 1.82) is 0 Å². The number of carboxylic acid groups (broad SMARTS) is 1. The second-order valence-electron chi connectivity index (χ2n) is 32.6. The van der Waals surface area contributed by atoms with Gasteiger partial charge >= 0.3 is 12.1 Å². The second-order valence-corrected chi connectivity index (χ2v) is 34.0. The van der Waals surface area contributed by atoms with E-state index in [1.54, 1.807) is 128 Å². The fourth-order valence-corrected chi connectivity index (χ4v) is 10.5. The summed E-state index contributed by atoms with van der Waals surface area (Å²) in [5, 5.41) is 51.3. The molecule has 120 heavy (non-hydrogen) atoms. The van der Waals surface area contributed by atoms with Crippen molar-refractivity contribution >= 4 is 72.0 Å². The monoisotopic (exact) mass is 1700 g/mol. The maximum absolute atomic E-state index is 13.1. The third-order valence-corrected chi connectivity index (χ3v) is 17.1. The minimum atomic E-state index is -4.02. The SMILES string of the molecule is CC(C)(C)OC(=O)NC/C(=C/F)COc1ccc2c(=O)n(C(C)(C)C)oc2c1.CC(C)(C)n1oc2cc(O)ccc2c1=O.CC(C)(C)n1oc2cc(OC/C(=C\F)CN)ccc2c1=O.COc1ccc(C(=O)N(O)C(C)(C)C)c(O)c1.COc1ccc(C(=O)O)c(O)c1.COc1ccc2c(=O)n(C(C)(C)C)oc2c1.Cc1ccc(S(=O)(=O)O)cc1. The Morgan fingerprint density at radius 2 is 0.825 bits per heavy atom. The van der Waals surface area contributed by atoms with Crippen LogP contribution < -0.4 is 57.0 Å². The molecule has 7 aromatic carbocycles. The number of nitrogens with two attached hydrogens (primary N) is 1. The first kappa shape index (κ1) is 98.0. The summed E-state index contributed by atoms with van der Waals surface area (Å²) in [4.78, 5) is 82.3. The highest BCUT2D eigenvalue weighted by molar-refractivity contribution is 7.85. The summed E-state index contributed by atoms with van der Waals surface area (Å²) < 4.78 is 113. The standard InChI is InChI=1S/C20H27FN2O5.C15H19FN2O3.C12H17NO4.C12H15NO3.C11H13NO3.C8H8O4.C7H8O3S/c1-19(2,3)23-17(24)15-8-7-14(9-16(15)28-23)26-12-13(10-21)11-22-18(25)27-20(4,5)6;1-15(2,3)18-14(19)12-5-4-11(6-13(12)21-18)20-9-10(7-16)8-17;1-12(2,3)13(16)11(15)9-6-5-8(17-4)7-10(9)14;1-12(2,3)13-11(14)9-6-5-8(15-4)7-10(9)16-13;1-11(2,3)12-10(14)8-5-4-7(13)6-9(8)15-12;1-12-5-2-3-6(8(10)11)7(9)4-5;1-6-2-4-7(5-3-6)11(8,9)10/h7-10H,11-12H2,1-6H3,(H,22,25);4-7H,8-9,17H2,1-3H3;5-7,14,16H,1-4H3;5-7H,1-4H3;4-6,13H,1-3H3;2-4,9H,1H3,(H,10,11);2-5H,1H3,(H,8,9,10)/b13-10-;10-7-;;;;;. The Morgan fingerprint density at radius 3 is 1.15 bits per heavy atom. The average molecular weight is 1700 g/mol. The molecule has 35 heteroatoms. The molecular weight excluding hydrogens is 1590 g/mol. The normalized spacial score (nSPS) is 12.0. The number of rotatable bonds is 15. The zero-order chi connectivity index (χ0) is 90.7. The van der Waals surface area contributed by atoms with Gasteiger partial charge in [-0.3, -0.25) is 33.7 Å². The number of hydrogen-bond acceptors (Lipinski definition) is 24. The number of carbonyl (C=O) groups excluding carboxylic acids is 2. The van der Waals surface area contributed by atoms with Crippen molar-refractivity contribution in [1.82, 2.24) is 29.3 Å². The predicted octanol–water partition coefficient (Wildman–Crippen LogP) is 15.4. The number of hydroxylamine groups is 2. The highest BCUT2D eigenvalue weighted by Gasteiger charge is 2.29. The fraction of sp³-hybridized carbons (Fsp3) is 0.376. The minimum Gasteiger partial charge on any atom is -0.508 e. The van der Waals surface area contributed by atoms with Crippen LogP contribution in [-0.4, -0.2) is 139 Å². The Hall–Kier alpha value is -12.6. The molecule has 0 aliphatic rings. The van der Waals surface area contributed by atoms with Crippen LogP contribution in [0.15, 0.2) is 199 Å². The van der Waals surface area contributed by atoms with Gasteiger partial charge in [-0.25, -0.2) is 23.4 Å². The summed E-state index contributed by atoms with van der Waals surface area (Å²) in [7, 11) is 0.466. The topological polar surface area (TPSA) is 444 Å². The molecule has 4 heterocycles. The van der Waals surface area contributed by atoms with Crippen LogP contribution in [0.5, 0.6) is 46.0 Å². The molecule has 0 saturated heterocycles. The quantitative estimate of drug-likeness (QED) is 0.0268. The van der Waals surface area contributed by atoms with Gasteiger partial charge in [0.25, 0.3) is 38.3 Å². The van der Waals surface area contributed by atoms with E-state index < -0.39 is 55.8 Å². The molecule has 11 aromatic rings. The zero-order valence-electron chi connectivity index (χ0n) is 71.1. The molecule has 4 aromatic heterocycles. The van der Waals surface area contributed by atoms with Crippen LogP contribution in [0, 0.1) is 6.92 Å². The largest absolute Gasteiger partial charge is 0.508 e. The van der Waals surface area contributed by atoms with Crippen molar-refractivity contribution in [3.05, 3.63) is 215 Å². The number of aryl methyl sites for hydroxylation is 1. The molecule has 0 unspecified atom stereocenters. The van der Waals surface area contributed by atoms with Gasteiger partial charge in [-0.1, -0.05) is 17.7 Å². The third kappa shape index (κ3) is 27.8. The maximum atomic E-state index is 13.1. The molecule has 0 aliphatic carbocycles. The molecule has 0 bridgehead atoms. The van der Waals surface area contributed by atoms with E-state index in [9.17, 15) is 66.2 Å². The summed E-state index contributed by atoms with van der Waals surface area (Å²) in [5.74, 6) is 0.229. The first-order valence-electron chi connectivity index (χ1n) is 36.9. The summed E-state index contributed by atoms with van der Waals surface area (Å²) >= 11 is 0. The third-order valence-electron chi connectivity index (χ3n) is 16.2. The van der Waals surface area contributed by atoms with Crippen molar-refractivity contribution in [2.24, 2.45) is 5.73 Å². The first-order chi connectivity index (χ1) is 55.5. The first-order valence-corrected chi connectivity index (χ1v) is 38.4. The van der Waals surface area contributed by atoms with E-state index >= 15 is 0 Å². The van der Waals surface area contributed by atoms with Crippen molar-refractivity contribution in [2.75, 3.05) is 47.6 Å². The summed E-state index contributed by atoms with van der Waals surface area (Å²) in [6, 6.07) is 33.7. The second kappa shape index (κ2) is 40.7. The lowest BCUT2D eigenvalue weighted by molar-refractivity contribution is -0.114. The number of amides is 2. The van der Waals surface area contributed by atoms with Crippen LogP contribution in [-0.2, 0) is 37.0 Å². The molecule has 0 aliphatic heterocycles. The highest BCUT2D eigenvalue weighted by atomic mass is 32.2. The number of aromatic carboxylic acids is 1. The number of halogens is 2. The Bertz CT molecular complexity index is 5800. The minimum absolute atomic E-state index is 0.0308. The Kier molecular flexibility index (Phi) is 33.2. The number of phenolic OH excluding ortho intramolecular Hbond substituents is 2.